The van der Waals surface area contributed by atoms with E-state index in [1.807, 2.05) is 12.1 Å². The molecule has 1 unspecified atom stereocenters. The zero-order chi connectivity index (χ0) is 30.5. The monoisotopic (exact) mass is 611 g/mol. The minimum absolute atomic E-state index is 0.277. The normalized spacial score (nSPS) is 14.8. The number of nitrogens with zero attached hydrogens (tertiary/aromatic N) is 1. The first kappa shape index (κ1) is 29.6. The molecule has 1 aliphatic rings. The minimum Gasteiger partial charge on any atom is -0.455 e. The highest BCUT2D eigenvalue weighted by Crippen LogP contribution is 2.52. The molecule has 6 rings (SSSR count). The van der Waals surface area contributed by atoms with Gasteiger partial charge in [-0.15, -0.1) is 0 Å². The van der Waals surface area contributed by atoms with Gasteiger partial charge in [0.2, 0.25) is 0 Å². The van der Waals surface area contributed by atoms with Gasteiger partial charge < -0.3 is 16.3 Å². The summed E-state index contributed by atoms with van der Waals surface area (Å²) in [5.41, 5.74) is 8.97. The predicted octanol–water partition coefficient (Wildman–Crippen LogP) is 6.61. The molecule has 4 N–H and O–H groups in total. The third kappa shape index (κ3) is 5.84. The van der Waals surface area contributed by atoms with Gasteiger partial charge in [0.25, 0.3) is 0 Å². The molecule has 0 aliphatic carbocycles. The van der Waals surface area contributed by atoms with E-state index >= 15 is 0 Å². The van der Waals surface area contributed by atoms with Crippen LogP contribution >= 0.6 is 15.8 Å². The topological polar surface area (TPSA) is 73.6 Å². The van der Waals surface area contributed by atoms with Crippen LogP contribution in [0.25, 0.3) is 0 Å². The summed E-state index contributed by atoms with van der Waals surface area (Å²) in [7, 11) is -1.82. The molecule has 5 aromatic carbocycles. The summed E-state index contributed by atoms with van der Waals surface area (Å²) in [6.45, 7) is 4.61. The molecule has 44 heavy (non-hydrogen) atoms. The summed E-state index contributed by atoms with van der Waals surface area (Å²) in [6, 6.07) is 45.4. The summed E-state index contributed by atoms with van der Waals surface area (Å²) < 4.78 is 7.19. The van der Waals surface area contributed by atoms with Crippen LogP contribution < -0.4 is 42.8 Å². The van der Waals surface area contributed by atoms with E-state index in [1.54, 1.807) is 6.08 Å². The van der Waals surface area contributed by atoms with E-state index in [4.69, 9.17) is 16.3 Å². The van der Waals surface area contributed by atoms with Crippen LogP contribution in [0.5, 0.6) is 11.5 Å². The molecule has 1 aliphatic heterocycles. The Labute approximate surface area is 262 Å². The second-order valence-corrected chi connectivity index (χ2v) is 15.2. The maximum Gasteiger partial charge on any atom is 0.139 e. The molecular formula is C38H35N3OP2. The maximum absolute atomic E-state index is 7.19. The van der Waals surface area contributed by atoms with Crippen molar-refractivity contribution < 1.29 is 4.74 Å². The van der Waals surface area contributed by atoms with Crippen molar-refractivity contribution in [2.24, 2.45) is 16.7 Å². The number of allylic oxidation sites excluding steroid dienone is 2. The highest BCUT2D eigenvalue weighted by atomic mass is 31.1. The smallest absolute Gasteiger partial charge is 0.139 e. The highest BCUT2D eigenvalue weighted by Gasteiger charge is 2.38. The molecule has 1 atom stereocenters. The first-order chi connectivity index (χ1) is 21.5. The third-order valence-electron chi connectivity index (χ3n) is 7.87. The lowest BCUT2D eigenvalue weighted by molar-refractivity contribution is 0.425. The van der Waals surface area contributed by atoms with Crippen LogP contribution in [0.4, 0.5) is 0 Å². The third-order valence-corrected chi connectivity index (χ3v) is 12.5. The van der Waals surface area contributed by atoms with Crippen molar-refractivity contribution in [1.82, 2.24) is 0 Å². The second kappa shape index (κ2) is 13.0. The molecule has 0 saturated carbocycles. The van der Waals surface area contributed by atoms with Gasteiger partial charge in [0.05, 0.1) is 0 Å². The molecule has 218 valence electrons. The quantitative estimate of drug-likeness (QED) is 0.0682. The van der Waals surface area contributed by atoms with Crippen molar-refractivity contribution in [1.29, 1.82) is 0 Å². The van der Waals surface area contributed by atoms with Gasteiger partial charge in [0.1, 0.15) is 11.5 Å². The Morgan fingerprint density at radius 2 is 1.16 bits per heavy atom. The molecule has 0 amide bonds. The molecule has 0 aromatic heterocycles. The van der Waals surface area contributed by atoms with Gasteiger partial charge in [-0.3, -0.25) is 0 Å². The van der Waals surface area contributed by atoms with Gasteiger partial charge in [-0.1, -0.05) is 141 Å². The second-order valence-electron chi connectivity index (χ2n) is 11.0. The molecule has 4 nitrogen and oxygen atoms in total. The summed E-state index contributed by atoms with van der Waals surface area (Å²) in [4.78, 5) is 0. The van der Waals surface area contributed by atoms with Crippen molar-refractivity contribution in [3.8, 4) is 11.5 Å². The average molecular weight is 612 g/mol. The minimum atomic E-state index is -0.953. The average Bonchev–Trinajstić information content (AvgIpc) is 3.06. The Bertz CT molecular complexity index is 1800. The Balaban J connectivity index is 1.54. The van der Waals surface area contributed by atoms with Gasteiger partial charge in [-0.2, -0.15) is 5.10 Å². The molecule has 0 spiro atoms. The first-order valence-corrected chi connectivity index (χ1v) is 17.3. The van der Waals surface area contributed by atoms with Crippen molar-refractivity contribution >= 4 is 48.6 Å². The van der Waals surface area contributed by atoms with Crippen LogP contribution in [0.1, 0.15) is 25.0 Å². The van der Waals surface area contributed by atoms with Crippen molar-refractivity contribution in [3.05, 3.63) is 162 Å². The predicted molar refractivity (Wildman–Crippen MR) is 191 cm³/mol. The van der Waals surface area contributed by atoms with E-state index < -0.39 is 15.8 Å². The van der Waals surface area contributed by atoms with E-state index in [1.165, 1.54) is 38.6 Å². The lowest BCUT2D eigenvalue weighted by Crippen LogP contribution is -2.31. The van der Waals surface area contributed by atoms with Crippen molar-refractivity contribution in [2.75, 3.05) is 0 Å². The van der Waals surface area contributed by atoms with E-state index in [0.29, 0.717) is 5.70 Å². The van der Waals surface area contributed by atoms with E-state index in [-0.39, 0.29) is 5.41 Å². The van der Waals surface area contributed by atoms with Gasteiger partial charge in [0, 0.05) is 39.1 Å². The highest BCUT2D eigenvalue weighted by molar-refractivity contribution is 7.80. The standard InChI is InChI=1S/C38H35N3OP2/c1-38(2)32-20-12-22-34(43(29-14-6-3-7-15-29)27-25-28(39)24-26-41-40)36(32)42-37-33(38)21-13-23-35(37)44(30-16-8-4-9-17-30)31-18-10-5-11-19-31/h3-27H,39-40H2,1-2H3/b27-25-,28-24+,41-26-. The molecule has 0 bridgehead atoms. The number of fused-ring (bicyclic) bond motifs is 2. The van der Waals surface area contributed by atoms with Gasteiger partial charge in [-0.25, -0.2) is 0 Å². The van der Waals surface area contributed by atoms with Crippen LogP contribution in [-0.4, -0.2) is 6.21 Å². The van der Waals surface area contributed by atoms with Crippen molar-refractivity contribution in [2.45, 2.75) is 19.3 Å². The van der Waals surface area contributed by atoms with Gasteiger partial charge in [-0.05, 0) is 49.7 Å². The first-order valence-electron chi connectivity index (χ1n) is 14.6. The lowest BCUT2D eigenvalue weighted by atomic mass is 9.76. The van der Waals surface area contributed by atoms with Crippen LogP contribution in [0.2, 0.25) is 0 Å². The zero-order valence-electron chi connectivity index (χ0n) is 24.8. The lowest BCUT2D eigenvalue weighted by Gasteiger charge is -2.38. The Morgan fingerprint density at radius 1 is 0.659 bits per heavy atom. The Morgan fingerprint density at radius 3 is 1.70 bits per heavy atom. The van der Waals surface area contributed by atoms with E-state index in [2.05, 4.69) is 146 Å². The van der Waals surface area contributed by atoms with E-state index in [0.717, 1.165) is 16.8 Å². The van der Waals surface area contributed by atoms with Crippen LogP contribution in [0, 0.1) is 0 Å². The fraction of sp³-hybridized carbons (Fsp3) is 0.0789. The number of nitrogens with two attached hydrogens (primary N) is 2. The number of ether oxygens (including phenoxy) is 1. The fourth-order valence-corrected chi connectivity index (χ4v) is 10.1. The molecule has 0 saturated heterocycles. The molecule has 6 heteroatoms. The summed E-state index contributed by atoms with van der Waals surface area (Å²) in [6.07, 6.45) is 5.14. The van der Waals surface area contributed by atoms with Crippen LogP contribution in [0.3, 0.4) is 0 Å². The zero-order valence-corrected chi connectivity index (χ0v) is 26.6. The van der Waals surface area contributed by atoms with Gasteiger partial charge >= 0.3 is 0 Å². The maximum atomic E-state index is 7.19. The SMILES string of the molecule is CC1(C)c2cccc(P(\C=C/C(N)=C\C=N/N)c3ccccc3)c2Oc2c(P(c3ccccc3)c3ccccc3)cccc21. The number of hydrogen-bond donors (Lipinski definition) is 2. The summed E-state index contributed by atoms with van der Waals surface area (Å²) >= 11 is 0. The summed E-state index contributed by atoms with van der Waals surface area (Å²) in [5.74, 6) is 9.38. The summed E-state index contributed by atoms with van der Waals surface area (Å²) in [5, 5.41) is 9.72. The molecule has 1 heterocycles. The number of hydrogen-bond acceptors (Lipinski definition) is 4. The number of benzene rings is 5. The van der Waals surface area contributed by atoms with Crippen molar-refractivity contribution in [3.63, 3.8) is 0 Å². The molecule has 0 fully saturated rings. The molecule has 0 radical (unpaired) electrons. The Hall–Kier alpha value is -4.49. The number of rotatable bonds is 8. The number of para-hydroxylation sites is 2. The fourth-order valence-electron chi connectivity index (χ4n) is 5.68. The van der Waals surface area contributed by atoms with Crippen LogP contribution in [0.15, 0.2) is 156 Å². The van der Waals surface area contributed by atoms with Gasteiger partial charge in [0.15, 0.2) is 0 Å². The molecular weight excluding hydrogens is 576 g/mol. The van der Waals surface area contributed by atoms with E-state index in [9.17, 15) is 0 Å². The molecule has 5 aromatic rings. The number of hydrazone groups is 1. The Kier molecular flexibility index (Phi) is 8.75. The van der Waals surface area contributed by atoms with Crippen LogP contribution in [-0.2, 0) is 5.41 Å². The largest absolute Gasteiger partial charge is 0.455 e.